The van der Waals surface area contributed by atoms with Gasteiger partial charge in [-0.15, -0.1) is 11.3 Å². The smallest absolute Gasteiger partial charge is 0.279 e. The summed E-state index contributed by atoms with van der Waals surface area (Å²) >= 11 is 7.82. The normalized spacial score (nSPS) is 12.2. The van der Waals surface area contributed by atoms with Crippen LogP contribution in [-0.2, 0) is 11.3 Å². The summed E-state index contributed by atoms with van der Waals surface area (Å²) < 4.78 is 0. The zero-order valence-corrected chi connectivity index (χ0v) is 13.1. The second kappa shape index (κ2) is 6.88. The van der Waals surface area contributed by atoms with Gasteiger partial charge in [-0.1, -0.05) is 23.7 Å². The summed E-state index contributed by atoms with van der Waals surface area (Å²) in [6, 6.07) is 9.73. The fourth-order valence-electron chi connectivity index (χ4n) is 1.96. The third-order valence-corrected chi connectivity index (χ3v) is 4.11. The second-order valence-electron chi connectivity index (χ2n) is 4.92. The Kier molecular flexibility index (Phi) is 5.17. The van der Waals surface area contributed by atoms with Crippen molar-refractivity contribution >= 4 is 34.5 Å². The molecule has 0 aliphatic rings. The maximum Gasteiger partial charge on any atom is 0.279 e. The summed E-state index contributed by atoms with van der Waals surface area (Å²) in [5, 5.41) is 5.49. The van der Waals surface area contributed by atoms with Crippen LogP contribution in [0.25, 0.3) is 0 Å². The number of likely N-dealkylation sites (N-methyl/N-ethyl adjacent to an activating group) is 1. The average Bonchev–Trinajstić information content (AvgIpc) is 2.85. The number of aryl methyl sites for hydroxylation is 1. The molecule has 20 heavy (non-hydrogen) atoms. The molecule has 106 valence electrons. The molecule has 2 N–H and O–H groups in total. The van der Waals surface area contributed by atoms with Crippen molar-refractivity contribution in [1.29, 1.82) is 0 Å². The number of carbonyl (C=O) groups excluding carboxylic acids is 1. The number of carbonyl (C=O) groups is 1. The maximum atomic E-state index is 12.0. The van der Waals surface area contributed by atoms with Crippen LogP contribution in [0.5, 0.6) is 0 Å². The van der Waals surface area contributed by atoms with Crippen LogP contribution in [0.4, 0.5) is 5.69 Å². The Labute approximate surface area is 128 Å². The van der Waals surface area contributed by atoms with Crippen LogP contribution in [0.2, 0.25) is 5.02 Å². The van der Waals surface area contributed by atoms with Crippen LogP contribution >= 0.6 is 22.9 Å². The van der Waals surface area contributed by atoms with Crippen molar-refractivity contribution in [2.45, 2.75) is 13.5 Å². The molecular weight excluding hydrogens is 292 g/mol. The molecule has 0 radical (unpaired) electrons. The van der Waals surface area contributed by atoms with Gasteiger partial charge in [-0.25, -0.2) is 0 Å². The molecule has 2 aromatic rings. The van der Waals surface area contributed by atoms with Gasteiger partial charge in [0.05, 0.1) is 22.6 Å². The predicted octanol–water partition coefficient (Wildman–Crippen LogP) is 2.36. The number of halogens is 1. The van der Waals surface area contributed by atoms with Crippen molar-refractivity contribution in [1.82, 2.24) is 0 Å². The fraction of sp³-hybridized carbons (Fsp3) is 0.267. The van der Waals surface area contributed by atoms with Crippen LogP contribution in [-0.4, -0.2) is 19.5 Å². The number of hydrogen-bond donors (Lipinski definition) is 2. The van der Waals surface area contributed by atoms with E-state index >= 15 is 0 Å². The number of rotatable bonds is 5. The van der Waals surface area contributed by atoms with Gasteiger partial charge in [0.15, 0.2) is 6.54 Å². The Morgan fingerprint density at radius 3 is 2.85 bits per heavy atom. The second-order valence-corrected chi connectivity index (χ2v) is 6.36. The van der Waals surface area contributed by atoms with Crippen molar-refractivity contribution in [2.24, 2.45) is 0 Å². The van der Waals surface area contributed by atoms with Gasteiger partial charge in [0.1, 0.15) is 6.54 Å². The minimum atomic E-state index is -0.0233. The van der Waals surface area contributed by atoms with E-state index in [9.17, 15) is 4.79 Å². The molecule has 0 saturated heterocycles. The Balaban J connectivity index is 1.88. The monoisotopic (exact) mass is 309 g/mol. The number of amides is 1. The van der Waals surface area contributed by atoms with E-state index in [2.05, 4.69) is 16.8 Å². The molecule has 2 rings (SSSR count). The van der Waals surface area contributed by atoms with Gasteiger partial charge < -0.3 is 10.2 Å². The largest absolute Gasteiger partial charge is 0.325 e. The van der Waals surface area contributed by atoms with Crippen molar-refractivity contribution in [3.63, 3.8) is 0 Å². The van der Waals surface area contributed by atoms with Gasteiger partial charge in [0.2, 0.25) is 0 Å². The van der Waals surface area contributed by atoms with Crippen LogP contribution in [0.3, 0.4) is 0 Å². The number of quaternary nitrogens is 1. The van der Waals surface area contributed by atoms with E-state index in [1.165, 1.54) is 4.88 Å². The SMILES string of the molecule is Cc1ccc(NC(=O)C[NH+](C)Cc2cccs2)c(Cl)c1. The van der Waals surface area contributed by atoms with Gasteiger partial charge in [-0.05, 0) is 36.1 Å². The van der Waals surface area contributed by atoms with Crippen LogP contribution in [0.1, 0.15) is 10.4 Å². The number of thiophene rings is 1. The number of hydrogen-bond acceptors (Lipinski definition) is 2. The summed E-state index contributed by atoms with van der Waals surface area (Å²) in [5.41, 5.74) is 1.75. The lowest BCUT2D eigenvalue weighted by molar-refractivity contribution is -0.884. The molecule has 1 unspecified atom stereocenters. The summed E-state index contributed by atoms with van der Waals surface area (Å²) in [4.78, 5) is 14.4. The summed E-state index contributed by atoms with van der Waals surface area (Å²) in [7, 11) is 2.01. The van der Waals surface area contributed by atoms with Gasteiger partial charge in [-0.3, -0.25) is 4.79 Å². The molecule has 1 aromatic carbocycles. The van der Waals surface area contributed by atoms with Crippen molar-refractivity contribution < 1.29 is 9.69 Å². The molecular formula is C15H18ClN2OS+. The molecule has 1 atom stereocenters. The third-order valence-electron chi connectivity index (χ3n) is 2.92. The highest BCUT2D eigenvalue weighted by molar-refractivity contribution is 7.09. The standard InChI is InChI=1S/C15H17ClN2OS/c1-11-5-6-14(13(16)8-11)17-15(19)10-18(2)9-12-4-3-7-20-12/h3-8H,9-10H2,1-2H3,(H,17,19)/p+1. The lowest BCUT2D eigenvalue weighted by Gasteiger charge is -2.13. The highest BCUT2D eigenvalue weighted by Gasteiger charge is 2.12. The van der Waals surface area contributed by atoms with E-state index in [-0.39, 0.29) is 5.91 Å². The maximum absolute atomic E-state index is 12.0. The van der Waals surface area contributed by atoms with Crippen LogP contribution < -0.4 is 10.2 Å². The number of anilines is 1. The highest BCUT2D eigenvalue weighted by Crippen LogP contribution is 2.22. The van der Waals surface area contributed by atoms with Gasteiger partial charge >= 0.3 is 0 Å². The van der Waals surface area contributed by atoms with Gasteiger partial charge in [0, 0.05) is 0 Å². The Hall–Kier alpha value is -1.36. The average molecular weight is 310 g/mol. The Morgan fingerprint density at radius 2 is 2.20 bits per heavy atom. The zero-order chi connectivity index (χ0) is 14.5. The minimum absolute atomic E-state index is 0.0233. The van der Waals surface area contributed by atoms with Crippen molar-refractivity contribution in [3.8, 4) is 0 Å². The quantitative estimate of drug-likeness (QED) is 0.873. The molecule has 0 spiro atoms. The number of nitrogens with one attached hydrogen (secondary N) is 2. The summed E-state index contributed by atoms with van der Waals surface area (Å²) in [5.74, 6) is -0.0233. The van der Waals surface area contributed by atoms with Crippen LogP contribution in [0.15, 0.2) is 35.7 Å². The van der Waals surface area contributed by atoms with Crippen molar-refractivity contribution in [3.05, 3.63) is 51.2 Å². The molecule has 0 saturated carbocycles. The first-order chi connectivity index (χ1) is 9.54. The van der Waals surface area contributed by atoms with E-state index in [0.717, 1.165) is 17.0 Å². The molecule has 0 bridgehead atoms. The van der Waals surface area contributed by atoms with E-state index in [1.807, 2.05) is 38.2 Å². The third kappa shape index (κ3) is 4.34. The van der Waals surface area contributed by atoms with Crippen LogP contribution in [0, 0.1) is 6.92 Å². The minimum Gasteiger partial charge on any atom is -0.325 e. The van der Waals surface area contributed by atoms with Gasteiger partial charge in [-0.2, -0.15) is 0 Å². The molecule has 1 amide bonds. The Bertz CT molecular complexity index is 584. The molecule has 0 aliphatic heterocycles. The first-order valence-corrected chi connectivity index (χ1v) is 7.70. The number of benzene rings is 1. The summed E-state index contributed by atoms with van der Waals surface area (Å²) in [6.07, 6.45) is 0. The molecule has 0 aliphatic carbocycles. The molecule has 0 fully saturated rings. The zero-order valence-electron chi connectivity index (χ0n) is 11.6. The highest BCUT2D eigenvalue weighted by atomic mass is 35.5. The lowest BCUT2D eigenvalue weighted by Crippen LogP contribution is -3.08. The molecule has 1 aromatic heterocycles. The fourth-order valence-corrected chi connectivity index (χ4v) is 3.06. The van der Waals surface area contributed by atoms with Crippen molar-refractivity contribution in [2.75, 3.05) is 18.9 Å². The van der Waals surface area contributed by atoms with E-state index < -0.39 is 0 Å². The molecule has 5 heteroatoms. The van der Waals surface area contributed by atoms with E-state index in [1.54, 1.807) is 11.3 Å². The predicted molar refractivity (Wildman–Crippen MR) is 84.6 cm³/mol. The van der Waals surface area contributed by atoms with E-state index in [4.69, 9.17) is 11.6 Å². The van der Waals surface area contributed by atoms with Gasteiger partial charge in [0.25, 0.3) is 5.91 Å². The molecule has 3 nitrogen and oxygen atoms in total. The Morgan fingerprint density at radius 1 is 1.40 bits per heavy atom. The first-order valence-electron chi connectivity index (χ1n) is 6.44. The lowest BCUT2D eigenvalue weighted by atomic mass is 10.2. The summed E-state index contributed by atoms with van der Waals surface area (Å²) in [6.45, 7) is 3.24. The topological polar surface area (TPSA) is 33.5 Å². The first kappa shape index (κ1) is 15.0. The van der Waals surface area contributed by atoms with E-state index in [0.29, 0.717) is 17.3 Å². The molecule has 1 heterocycles.